The maximum Gasteiger partial charge on any atom is 0.261 e. The Morgan fingerprint density at radius 3 is 2.21 bits per heavy atom. The Balaban J connectivity index is 1.87. The Morgan fingerprint density at radius 2 is 1.62 bits per heavy atom. The van der Waals surface area contributed by atoms with Gasteiger partial charge in [-0.05, 0) is 43.7 Å². The summed E-state index contributed by atoms with van der Waals surface area (Å²) in [5.74, 6) is -1.46. The fourth-order valence-corrected chi connectivity index (χ4v) is 5.34. The fourth-order valence-electron chi connectivity index (χ4n) is 3.68. The number of hydrogen-bond acceptors (Lipinski definition) is 5. The zero-order chi connectivity index (χ0) is 24.9. The van der Waals surface area contributed by atoms with Crippen LogP contribution in [0.3, 0.4) is 0 Å². The number of rotatable bonds is 7. The van der Waals surface area contributed by atoms with Crippen LogP contribution in [0.1, 0.15) is 35.7 Å². The van der Waals surface area contributed by atoms with Crippen molar-refractivity contribution in [2.45, 2.75) is 37.0 Å². The SMILES string of the molecule is CCCC(=O)N1CCN(C(=O)C(NC(=O)c2cccc(Cl)c2)S(=O)(=O)c2ccc(C)cc2)CC1. The molecule has 10 heteroatoms. The second-order valence-corrected chi connectivity index (χ2v) is 10.6. The maximum absolute atomic E-state index is 13.5. The molecule has 8 nitrogen and oxygen atoms in total. The van der Waals surface area contributed by atoms with Crippen molar-refractivity contribution in [2.75, 3.05) is 26.2 Å². The average molecular weight is 506 g/mol. The van der Waals surface area contributed by atoms with Crippen molar-refractivity contribution in [2.24, 2.45) is 0 Å². The Kier molecular flexibility index (Phi) is 8.33. The predicted molar refractivity (Wildman–Crippen MR) is 129 cm³/mol. The summed E-state index contributed by atoms with van der Waals surface area (Å²) in [5.41, 5.74) is 0.997. The zero-order valence-corrected chi connectivity index (χ0v) is 20.7. The number of benzene rings is 2. The van der Waals surface area contributed by atoms with Gasteiger partial charge in [0, 0.05) is 43.2 Å². The van der Waals surface area contributed by atoms with Gasteiger partial charge in [0.1, 0.15) is 0 Å². The average Bonchev–Trinajstić information content (AvgIpc) is 2.82. The molecule has 3 amide bonds. The molecule has 1 aliphatic rings. The van der Waals surface area contributed by atoms with Crippen LogP contribution in [0.5, 0.6) is 0 Å². The lowest BCUT2D eigenvalue weighted by Crippen LogP contribution is -2.57. The molecule has 0 saturated carbocycles. The topological polar surface area (TPSA) is 104 Å². The summed E-state index contributed by atoms with van der Waals surface area (Å²) in [6.45, 7) is 4.72. The molecule has 2 aromatic rings. The number of amides is 3. The van der Waals surface area contributed by atoms with Crippen molar-refractivity contribution < 1.29 is 22.8 Å². The van der Waals surface area contributed by atoms with Crippen molar-refractivity contribution in [3.8, 4) is 0 Å². The number of aryl methyl sites for hydroxylation is 1. The Hall–Kier alpha value is -2.91. The molecule has 0 aromatic heterocycles. The van der Waals surface area contributed by atoms with Crippen LogP contribution >= 0.6 is 11.6 Å². The summed E-state index contributed by atoms with van der Waals surface area (Å²) in [4.78, 5) is 41.5. The van der Waals surface area contributed by atoms with Crippen LogP contribution in [-0.2, 0) is 19.4 Å². The van der Waals surface area contributed by atoms with E-state index in [2.05, 4.69) is 5.32 Å². The van der Waals surface area contributed by atoms with E-state index in [0.717, 1.165) is 12.0 Å². The quantitative estimate of drug-likeness (QED) is 0.623. The molecular formula is C24H28ClN3O5S. The van der Waals surface area contributed by atoms with Gasteiger partial charge < -0.3 is 15.1 Å². The summed E-state index contributed by atoms with van der Waals surface area (Å²) in [6, 6.07) is 12.1. The second kappa shape index (κ2) is 11.0. The molecule has 34 heavy (non-hydrogen) atoms. The number of carbonyl (C=O) groups excluding carboxylic acids is 3. The molecule has 1 atom stereocenters. The molecule has 2 aromatic carbocycles. The molecule has 1 N–H and O–H groups in total. The summed E-state index contributed by atoms with van der Waals surface area (Å²) in [5, 5.41) is 0.898. The van der Waals surface area contributed by atoms with Gasteiger partial charge in [-0.1, -0.05) is 42.3 Å². The molecule has 0 spiro atoms. The maximum atomic E-state index is 13.5. The van der Waals surface area contributed by atoms with Gasteiger partial charge >= 0.3 is 0 Å². The molecule has 0 radical (unpaired) electrons. The van der Waals surface area contributed by atoms with Gasteiger partial charge in [0.2, 0.25) is 21.1 Å². The molecular weight excluding hydrogens is 478 g/mol. The van der Waals surface area contributed by atoms with Gasteiger partial charge in [0.15, 0.2) is 0 Å². The van der Waals surface area contributed by atoms with Crippen LogP contribution in [0.4, 0.5) is 0 Å². The lowest BCUT2D eigenvalue weighted by Gasteiger charge is -2.36. The summed E-state index contributed by atoms with van der Waals surface area (Å²) < 4.78 is 26.9. The van der Waals surface area contributed by atoms with Crippen molar-refractivity contribution in [3.63, 3.8) is 0 Å². The first-order valence-electron chi connectivity index (χ1n) is 11.1. The molecule has 1 unspecified atom stereocenters. The Labute approximate surface area is 204 Å². The van der Waals surface area contributed by atoms with Crippen LogP contribution in [-0.4, -0.2) is 67.5 Å². The van der Waals surface area contributed by atoms with Crippen molar-refractivity contribution >= 4 is 39.2 Å². The highest BCUT2D eigenvalue weighted by Gasteiger charge is 2.39. The number of nitrogens with zero attached hydrogens (tertiary/aromatic N) is 2. The van der Waals surface area contributed by atoms with Crippen LogP contribution in [0.15, 0.2) is 53.4 Å². The molecule has 1 aliphatic heterocycles. The first-order valence-corrected chi connectivity index (χ1v) is 13.0. The minimum atomic E-state index is -4.25. The lowest BCUT2D eigenvalue weighted by molar-refractivity contribution is -0.139. The molecule has 1 saturated heterocycles. The van der Waals surface area contributed by atoms with E-state index in [1.165, 1.54) is 29.2 Å². The third-order valence-corrected chi connectivity index (χ3v) is 7.75. The number of nitrogens with one attached hydrogen (secondary N) is 1. The van der Waals surface area contributed by atoms with Gasteiger partial charge in [0.05, 0.1) is 4.90 Å². The van der Waals surface area contributed by atoms with Crippen molar-refractivity contribution in [1.29, 1.82) is 0 Å². The van der Waals surface area contributed by atoms with E-state index < -0.39 is 27.0 Å². The van der Waals surface area contributed by atoms with Crippen LogP contribution in [0.2, 0.25) is 5.02 Å². The minimum absolute atomic E-state index is 0.00712. The van der Waals surface area contributed by atoms with Gasteiger partial charge in [-0.15, -0.1) is 0 Å². The number of halogens is 1. The number of hydrogen-bond donors (Lipinski definition) is 1. The normalized spacial score (nSPS) is 15.0. The highest BCUT2D eigenvalue weighted by molar-refractivity contribution is 7.92. The second-order valence-electron chi connectivity index (χ2n) is 8.18. The summed E-state index contributed by atoms with van der Waals surface area (Å²) in [6.07, 6.45) is 1.15. The highest BCUT2D eigenvalue weighted by atomic mass is 35.5. The fraction of sp³-hybridized carbons (Fsp3) is 0.375. The third-order valence-electron chi connectivity index (χ3n) is 5.64. The molecule has 182 valence electrons. The summed E-state index contributed by atoms with van der Waals surface area (Å²) >= 11 is 5.97. The van der Waals surface area contributed by atoms with E-state index in [4.69, 9.17) is 11.6 Å². The lowest BCUT2D eigenvalue weighted by atomic mass is 10.2. The van der Waals surface area contributed by atoms with Crippen molar-refractivity contribution in [1.82, 2.24) is 15.1 Å². The van der Waals surface area contributed by atoms with E-state index in [1.54, 1.807) is 29.2 Å². The van der Waals surface area contributed by atoms with E-state index in [0.29, 0.717) is 24.5 Å². The predicted octanol–water partition coefficient (Wildman–Crippen LogP) is 2.65. The summed E-state index contributed by atoms with van der Waals surface area (Å²) in [7, 11) is -4.25. The molecule has 0 aliphatic carbocycles. The van der Waals surface area contributed by atoms with Gasteiger partial charge in [-0.25, -0.2) is 8.42 Å². The Morgan fingerprint density at radius 1 is 1.00 bits per heavy atom. The molecule has 1 heterocycles. The van der Waals surface area contributed by atoms with Crippen LogP contribution in [0.25, 0.3) is 0 Å². The van der Waals surface area contributed by atoms with Crippen LogP contribution < -0.4 is 5.32 Å². The minimum Gasteiger partial charge on any atom is -0.339 e. The van der Waals surface area contributed by atoms with E-state index in [-0.39, 0.29) is 29.5 Å². The number of sulfone groups is 1. The van der Waals surface area contributed by atoms with Crippen LogP contribution in [0, 0.1) is 6.92 Å². The highest BCUT2D eigenvalue weighted by Crippen LogP contribution is 2.20. The Bertz CT molecular complexity index is 1160. The van der Waals surface area contributed by atoms with E-state index in [9.17, 15) is 22.8 Å². The number of piperazine rings is 1. The smallest absolute Gasteiger partial charge is 0.261 e. The monoisotopic (exact) mass is 505 g/mol. The molecule has 0 bridgehead atoms. The third kappa shape index (κ3) is 5.95. The van der Waals surface area contributed by atoms with Crippen molar-refractivity contribution in [3.05, 3.63) is 64.7 Å². The standard InChI is InChI=1S/C24H28ClN3O5S/c1-3-5-21(29)27-12-14-28(15-13-27)24(31)23(26-22(30)18-6-4-7-19(25)16-18)34(32,33)20-10-8-17(2)9-11-20/h4,6-11,16,23H,3,5,12-15H2,1-2H3,(H,26,30). The zero-order valence-electron chi connectivity index (χ0n) is 19.2. The van der Waals surface area contributed by atoms with Gasteiger partial charge in [0.25, 0.3) is 11.8 Å². The largest absolute Gasteiger partial charge is 0.339 e. The first kappa shape index (κ1) is 25.7. The van der Waals surface area contributed by atoms with E-state index in [1.807, 2.05) is 13.8 Å². The number of carbonyl (C=O) groups is 3. The molecule has 1 fully saturated rings. The first-order chi connectivity index (χ1) is 16.1. The van der Waals surface area contributed by atoms with E-state index >= 15 is 0 Å². The molecule has 3 rings (SSSR count). The van der Waals surface area contributed by atoms with Gasteiger partial charge in [-0.2, -0.15) is 0 Å². The van der Waals surface area contributed by atoms with Gasteiger partial charge in [-0.3, -0.25) is 14.4 Å².